The van der Waals surface area contributed by atoms with E-state index < -0.39 is 5.60 Å². The van der Waals surface area contributed by atoms with E-state index in [1.165, 1.54) is 0 Å². The zero-order valence-corrected chi connectivity index (χ0v) is 8.34. The second-order valence-electron chi connectivity index (χ2n) is 3.77. The Morgan fingerprint density at radius 3 is 2.42 bits per heavy atom. The second-order valence-corrected chi connectivity index (χ2v) is 3.77. The first kappa shape index (κ1) is 10.0. The molecule has 0 saturated carbocycles. The summed E-state index contributed by atoms with van der Waals surface area (Å²) in [7, 11) is 0. The minimum atomic E-state index is -0.552. The molecule has 1 fully saturated rings. The Hall–Kier alpha value is -0.0800. The zero-order valence-electron chi connectivity index (χ0n) is 8.34. The van der Waals surface area contributed by atoms with E-state index in [0.29, 0.717) is 12.5 Å². The fraction of sp³-hybridized carbons (Fsp3) is 1.00. The number of ether oxygens (including phenoxy) is 1. The summed E-state index contributed by atoms with van der Waals surface area (Å²) in [5.41, 5.74) is -0.552. The van der Waals surface area contributed by atoms with Gasteiger partial charge in [0.25, 0.3) is 0 Å². The normalized spacial score (nSPS) is 36.2. The highest BCUT2D eigenvalue weighted by atomic mass is 16.5. The highest BCUT2D eigenvalue weighted by Gasteiger charge is 2.44. The Balaban J connectivity index is 2.67. The van der Waals surface area contributed by atoms with Gasteiger partial charge in [0.05, 0.1) is 11.7 Å². The van der Waals surface area contributed by atoms with Crippen LogP contribution in [0.1, 0.15) is 40.0 Å². The lowest BCUT2D eigenvalue weighted by molar-refractivity contribution is -0.0714. The van der Waals surface area contributed by atoms with Gasteiger partial charge in [0.1, 0.15) is 0 Å². The molecule has 0 amide bonds. The minimum absolute atomic E-state index is 0.0161. The zero-order chi connectivity index (χ0) is 9.19. The predicted octanol–water partition coefficient (Wildman–Crippen LogP) is 1.96. The number of hydrogen-bond donors (Lipinski definition) is 1. The summed E-state index contributed by atoms with van der Waals surface area (Å²) < 4.78 is 5.40. The van der Waals surface area contributed by atoms with Crippen LogP contribution in [0.3, 0.4) is 0 Å². The fourth-order valence-electron chi connectivity index (χ4n) is 2.28. The smallest absolute Gasteiger partial charge is 0.0955 e. The first-order valence-corrected chi connectivity index (χ1v) is 4.99. The van der Waals surface area contributed by atoms with Crippen LogP contribution in [0.25, 0.3) is 0 Å². The molecule has 0 radical (unpaired) electrons. The van der Waals surface area contributed by atoms with Crippen molar-refractivity contribution < 1.29 is 9.84 Å². The van der Waals surface area contributed by atoms with Gasteiger partial charge in [-0.25, -0.2) is 0 Å². The molecule has 1 aliphatic rings. The van der Waals surface area contributed by atoms with Crippen molar-refractivity contribution in [3.8, 4) is 0 Å². The Kier molecular flexibility index (Phi) is 3.13. The Morgan fingerprint density at radius 1 is 1.50 bits per heavy atom. The summed E-state index contributed by atoms with van der Waals surface area (Å²) in [6.07, 6.45) is 2.91. The molecule has 2 nitrogen and oxygen atoms in total. The molecule has 1 aliphatic heterocycles. The summed E-state index contributed by atoms with van der Waals surface area (Å²) in [6.45, 7) is 6.97. The van der Waals surface area contributed by atoms with Gasteiger partial charge in [0.2, 0.25) is 0 Å². The quantitative estimate of drug-likeness (QED) is 0.705. The average molecular weight is 172 g/mol. The monoisotopic (exact) mass is 172 g/mol. The SMILES string of the molecule is CCC(CC)C1(O)CCOC1C. The lowest BCUT2D eigenvalue weighted by Gasteiger charge is -2.33. The van der Waals surface area contributed by atoms with Crippen LogP contribution in [0.15, 0.2) is 0 Å². The molecule has 72 valence electrons. The van der Waals surface area contributed by atoms with E-state index in [9.17, 15) is 5.11 Å². The topological polar surface area (TPSA) is 29.5 Å². The van der Waals surface area contributed by atoms with E-state index in [-0.39, 0.29) is 6.10 Å². The summed E-state index contributed by atoms with van der Waals surface area (Å²) in [6, 6.07) is 0. The van der Waals surface area contributed by atoms with Crippen molar-refractivity contribution in [3.05, 3.63) is 0 Å². The average Bonchev–Trinajstić information content (AvgIpc) is 2.36. The van der Waals surface area contributed by atoms with Crippen LogP contribution in [0.5, 0.6) is 0 Å². The molecule has 0 aromatic carbocycles. The molecule has 0 aromatic rings. The third kappa shape index (κ3) is 1.50. The Bertz CT molecular complexity index is 143. The first-order valence-electron chi connectivity index (χ1n) is 4.99. The van der Waals surface area contributed by atoms with Crippen molar-refractivity contribution in [2.75, 3.05) is 6.61 Å². The molecule has 1 N–H and O–H groups in total. The number of aliphatic hydroxyl groups is 1. The van der Waals surface area contributed by atoms with Gasteiger partial charge < -0.3 is 9.84 Å². The van der Waals surface area contributed by atoms with Crippen LogP contribution in [0, 0.1) is 5.92 Å². The van der Waals surface area contributed by atoms with Crippen molar-refractivity contribution in [2.45, 2.75) is 51.7 Å². The molecule has 0 aliphatic carbocycles. The number of hydrogen-bond acceptors (Lipinski definition) is 2. The van der Waals surface area contributed by atoms with E-state index in [4.69, 9.17) is 4.74 Å². The second kappa shape index (κ2) is 3.75. The third-order valence-corrected chi connectivity index (χ3v) is 3.27. The van der Waals surface area contributed by atoms with Gasteiger partial charge in [-0.15, -0.1) is 0 Å². The van der Waals surface area contributed by atoms with E-state index in [1.807, 2.05) is 6.92 Å². The maximum absolute atomic E-state index is 10.3. The van der Waals surface area contributed by atoms with E-state index in [2.05, 4.69) is 13.8 Å². The summed E-state index contributed by atoms with van der Waals surface area (Å²) in [5, 5.41) is 10.3. The molecule has 0 spiro atoms. The fourth-order valence-corrected chi connectivity index (χ4v) is 2.28. The van der Waals surface area contributed by atoms with Crippen molar-refractivity contribution in [1.29, 1.82) is 0 Å². The lowest BCUT2D eigenvalue weighted by Crippen LogP contribution is -2.43. The highest BCUT2D eigenvalue weighted by molar-refractivity contribution is 4.94. The molecular weight excluding hydrogens is 152 g/mol. The molecule has 2 atom stereocenters. The summed E-state index contributed by atoms with van der Waals surface area (Å²) in [5.74, 6) is 0.398. The number of rotatable bonds is 3. The van der Waals surface area contributed by atoms with E-state index in [0.717, 1.165) is 19.3 Å². The van der Waals surface area contributed by atoms with Gasteiger partial charge in [-0.3, -0.25) is 0 Å². The van der Waals surface area contributed by atoms with E-state index >= 15 is 0 Å². The van der Waals surface area contributed by atoms with Gasteiger partial charge in [-0.2, -0.15) is 0 Å². The van der Waals surface area contributed by atoms with Crippen LogP contribution in [-0.4, -0.2) is 23.4 Å². The molecule has 0 aromatic heterocycles. The van der Waals surface area contributed by atoms with Crippen molar-refractivity contribution >= 4 is 0 Å². The maximum atomic E-state index is 10.3. The van der Waals surface area contributed by atoms with Crippen LogP contribution < -0.4 is 0 Å². The Morgan fingerprint density at radius 2 is 2.08 bits per heavy atom. The van der Waals surface area contributed by atoms with Gasteiger partial charge in [-0.05, 0) is 12.8 Å². The van der Waals surface area contributed by atoms with Crippen LogP contribution in [0.4, 0.5) is 0 Å². The van der Waals surface area contributed by atoms with Crippen LogP contribution >= 0.6 is 0 Å². The lowest BCUT2D eigenvalue weighted by atomic mass is 9.79. The van der Waals surface area contributed by atoms with Gasteiger partial charge in [0.15, 0.2) is 0 Å². The summed E-state index contributed by atoms with van der Waals surface area (Å²) >= 11 is 0. The molecular formula is C10H20O2. The molecule has 1 heterocycles. The largest absolute Gasteiger partial charge is 0.387 e. The molecule has 2 heteroatoms. The molecule has 12 heavy (non-hydrogen) atoms. The third-order valence-electron chi connectivity index (χ3n) is 3.27. The first-order chi connectivity index (χ1) is 5.65. The predicted molar refractivity (Wildman–Crippen MR) is 49.1 cm³/mol. The minimum Gasteiger partial charge on any atom is -0.387 e. The van der Waals surface area contributed by atoms with Crippen molar-refractivity contribution in [3.63, 3.8) is 0 Å². The molecule has 1 rings (SSSR count). The highest BCUT2D eigenvalue weighted by Crippen LogP contribution is 2.36. The molecule has 0 bridgehead atoms. The Labute approximate surface area is 74.9 Å². The van der Waals surface area contributed by atoms with Crippen molar-refractivity contribution in [2.24, 2.45) is 5.92 Å². The van der Waals surface area contributed by atoms with Gasteiger partial charge in [0, 0.05) is 13.0 Å². The van der Waals surface area contributed by atoms with Crippen LogP contribution in [0.2, 0.25) is 0 Å². The van der Waals surface area contributed by atoms with Crippen molar-refractivity contribution in [1.82, 2.24) is 0 Å². The summed E-state index contributed by atoms with van der Waals surface area (Å²) in [4.78, 5) is 0. The maximum Gasteiger partial charge on any atom is 0.0955 e. The molecule has 2 unspecified atom stereocenters. The standard InChI is InChI=1S/C10H20O2/c1-4-9(5-2)10(11)6-7-12-8(10)3/h8-9,11H,4-7H2,1-3H3. The van der Waals surface area contributed by atoms with E-state index in [1.54, 1.807) is 0 Å². The van der Waals surface area contributed by atoms with Gasteiger partial charge >= 0.3 is 0 Å². The molecule has 1 saturated heterocycles. The van der Waals surface area contributed by atoms with Gasteiger partial charge in [-0.1, -0.05) is 26.7 Å². The van der Waals surface area contributed by atoms with Crippen LogP contribution in [-0.2, 0) is 4.74 Å².